The van der Waals surface area contributed by atoms with Gasteiger partial charge in [-0.1, -0.05) is 38.1 Å². The first-order valence-corrected chi connectivity index (χ1v) is 6.89. The molecule has 0 aliphatic carbocycles. The minimum absolute atomic E-state index is 0.00686. The molecular formula is C15H22ClNO. The van der Waals surface area contributed by atoms with Gasteiger partial charge in [-0.15, -0.1) is 11.6 Å². The number of carbonyl (C=O) groups is 1. The molecule has 3 heteroatoms. The lowest BCUT2D eigenvalue weighted by atomic mass is 10.0. The third kappa shape index (κ3) is 5.09. The first-order valence-electron chi connectivity index (χ1n) is 6.46. The van der Waals surface area contributed by atoms with Gasteiger partial charge in [0.1, 0.15) is 0 Å². The Morgan fingerprint density at radius 3 is 2.61 bits per heavy atom. The number of alkyl halides is 1. The van der Waals surface area contributed by atoms with Crippen LogP contribution in [0.15, 0.2) is 24.3 Å². The first kappa shape index (κ1) is 15.0. The SMILES string of the molecule is Cc1ccccc1CCC(=O)NCC(Cl)C(C)C. The number of nitrogens with one attached hydrogen (secondary N) is 1. The number of aryl methyl sites for hydroxylation is 2. The molecule has 1 rings (SSSR count). The molecular weight excluding hydrogens is 246 g/mol. The van der Waals surface area contributed by atoms with E-state index in [0.717, 1.165) is 6.42 Å². The van der Waals surface area contributed by atoms with Gasteiger partial charge in [-0.25, -0.2) is 0 Å². The maximum Gasteiger partial charge on any atom is 0.220 e. The Morgan fingerprint density at radius 1 is 1.33 bits per heavy atom. The van der Waals surface area contributed by atoms with Gasteiger partial charge in [0.25, 0.3) is 0 Å². The maximum atomic E-state index is 11.7. The molecule has 1 aromatic carbocycles. The van der Waals surface area contributed by atoms with Crippen molar-refractivity contribution >= 4 is 17.5 Å². The van der Waals surface area contributed by atoms with Crippen molar-refractivity contribution in [3.63, 3.8) is 0 Å². The molecule has 0 spiro atoms. The topological polar surface area (TPSA) is 29.1 Å². The second kappa shape index (κ2) is 7.42. The smallest absolute Gasteiger partial charge is 0.220 e. The summed E-state index contributed by atoms with van der Waals surface area (Å²) >= 11 is 6.09. The molecule has 1 amide bonds. The van der Waals surface area contributed by atoms with Gasteiger partial charge < -0.3 is 5.32 Å². The molecule has 100 valence electrons. The number of hydrogen-bond acceptors (Lipinski definition) is 1. The van der Waals surface area contributed by atoms with E-state index in [4.69, 9.17) is 11.6 Å². The molecule has 0 aliphatic heterocycles. The summed E-state index contributed by atoms with van der Waals surface area (Å²) in [6.07, 6.45) is 1.31. The molecule has 0 bridgehead atoms. The van der Waals surface area contributed by atoms with Crippen LogP contribution in [-0.4, -0.2) is 17.8 Å². The number of amides is 1. The molecule has 1 aromatic rings. The van der Waals surface area contributed by atoms with Crippen LogP contribution in [0.3, 0.4) is 0 Å². The largest absolute Gasteiger partial charge is 0.355 e. The summed E-state index contributed by atoms with van der Waals surface area (Å²) in [6.45, 7) is 6.72. The van der Waals surface area contributed by atoms with Crippen molar-refractivity contribution in [3.8, 4) is 0 Å². The fourth-order valence-corrected chi connectivity index (χ4v) is 1.75. The van der Waals surface area contributed by atoms with Gasteiger partial charge in [-0.3, -0.25) is 4.79 Å². The van der Waals surface area contributed by atoms with Crippen LogP contribution in [0.2, 0.25) is 0 Å². The Balaban J connectivity index is 2.32. The predicted molar refractivity (Wildman–Crippen MR) is 77.0 cm³/mol. The van der Waals surface area contributed by atoms with E-state index in [2.05, 4.69) is 38.2 Å². The summed E-state index contributed by atoms with van der Waals surface area (Å²) in [6, 6.07) is 8.16. The molecule has 1 atom stereocenters. The van der Waals surface area contributed by atoms with Gasteiger partial charge in [-0.05, 0) is 30.4 Å². The lowest BCUT2D eigenvalue weighted by Crippen LogP contribution is -2.32. The Labute approximate surface area is 115 Å². The molecule has 0 aliphatic rings. The van der Waals surface area contributed by atoms with Crippen LogP contribution in [0.4, 0.5) is 0 Å². The fraction of sp³-hybridized carbons (Fsp3) is 0.533. The molecule has 0 aromatic heterocycles. The van der Waals surface area contributed by atoms with Crippen molar-refractivity contribution in [2.45, 2.75) is 39.0 Å². The van der Waals surface area contributed by atoms with Crippen molar-refractivity contribution in [1.29, 1.82) is 0 Å². The van der Waals surface area contributed by atoms with Crippen molar-refractivity contribution in [1.82, 2.24) is 5.32 Å². The third-order valence-corrected chi connectivity index (χ3v) is 3.76. The van der Waals surface area contributed by atoms with Crippen molar-refractivity contribution in [2.75, 3.05) is 6.54 Å². The monoisotopic (exact) mass is 267 g/mol. The van der Waals surface area contributed by atoms with Crippen LogP contribution in [0, 0.1) is 12.8 Å². The highest BCUT2D eigenvalue weighted by Crippen LogP contribution is 2.10. The zero-order valence-corrected chi connectivity index (χ0v) is 12.1. The minimum atomic E-state index is 0.00686. The summed E-state index contributed by atoms with van der Waals surface area (Å²) in [5.41, 5.74) is 2.47. The average Bonchev–Trinajstić information content (AvgIpc) is 2.34. The summed E-state index contributed by atoms with van der Waals surface area (Å²) in [7, 11) is 0. The molecule has 0 saturated carbocycles. The predicted octanol–water partition coefficient (Wildman–Crippen LogP) is 3.31. The second-order valence-corrected chi connectivity index (χ2v) is 5.55. The molecule has 0 saturated heterocycles. The molecule has 0 heterocycles. The number of carbonyl (C=O) groups excluding carboxylic acids is 1. The first-order chi connectivity index (χ1) is 8.50. The highest BCUT2D eigenvalue weighted by molar-refractivity contribution is 6.21. The highest BCUT2D eigenvalue weighted by Gasteiger charge is 2.11. The maximum absolute atomic E-state index is 11.7. The average molecular weight is 268 g/mol. The Kier molecular flexibility index (Phi) is 6.20. The standard InChI is InChI=1S/C15H22ClNO/c1-11(2)14(16)10-17-15(18)9-8-13-7-5-4-6-12(13)3/h4-7,11,14H,8-10H2,1-3H3,(H,17,18). The van der Waals surface area contributed by atoms with E-state index in [0.29, 0.717) is 18.9 Å². The van der Waals surface area contributed by atoms with Gasteiger partial charge in [0.05, 0.1) is 5.38 Å². The Bertz CT molecular complexity index is 390. The van der Waals surface area contributed by atoms with Crippen molar-refractivity contribution in [3.05, 3.63) is 35.4 Å². The van der Waals surface area contributed by atoms with Gasteiger partial charge in [0.2, 0.25) is 5.91 Å². The van der Waals surface area contributed by atoms with Crippen LogP contribution < -0.4 is 5.32 Å². The summed E-state index contributed by atoms with van der Waals surface area (Å²) < 4.78 is 0. The zero-order valence-electron chi connectivity index (χ0n) is 11.4. The number of rotatable bonds is 6. The molecule has 0 fully saturated rings. The van der Waals surface area contributed by atoms with Crippen LogP contribution in [-0.2, 0) is 11.2 Å². The summed E-state index contributed by atoms with van der Waals surface area (Å²) in [4.78, 5) is 11.7. The van der Waals surface area contributed by atoms with E-state index in [-0.39, 0.29) is 11.3 Å². The molecule has 1 N–H and O–H groups in total. The van der Waals surface area contributed by atoms with E-state index in [1.165, 1.54) is 11.1 Å². The summed E-state index contributed by atoms with van der Waals surface area (Å²) in [5, 5.41) is 2.89. The Hall–Kier alpha value is -1.02. The van der Waals surface area contributed by atoms with Gasteiger partial charge >= 0.3 is 0 Å². The highest BCUT2D eigenvalue weighted by atomic mass is 35.5. The van der Waals surface area contributed by atoms with Crippen LogP contribution >= 0.6 is 11.6 Å². The van der Waals surface area contributed by atoms with Crippen molar-refractivity contribution in [2.24, 2.45) is 5.92 Å². The number of benzene rings is 1. The minimum Gasteiger partial charge on any atom is -0.355 e. The van der Waals surface area contributed by atoms with Gasteiger partial charge in [-0.2, -0.15) is 0 Å². The quantitative estimate of drug-likeness (QED) is 0.788. The molecule has 18 heavy (non-hydrogen) atoms. The Morgan fingerprint density at radius 2 is 2.00 bits per heavy atom. The van der Waals surface area contributed by atoms with E-state index >= 15 is 0 Å². The van der Waals surface area contributed by atoms with Gasteiger partial charge in [0, 0.05) is 13.0 Å². The molecule has 1 unspecified atom stereocenters. The zero-order chi connectivity index (χ0) is 13.5. The van der Waals surface area contributed by atoms with Gasteiger partial charge in [0.15, 0.2) is 0 Å². The molecule has 2 nitrogen and oxygen atoms in total. The van der Waals surface area contributed by atoms with Crippen LogP contribution in [0.1, 0.15) is 31.4 Å². The molecule has 0 radical (unpaired) electrons. The third-order valence-electron chi connectivity index (χ3n) is 3.10. The van der Waals surface area contributed by atoms with E-state index < -0.39 is 0 Å². The van der Waals surface area contributed by atoms with Crippen LogP contribution in [0.25, 0.3) is 0 Å². The van der Waals surface area contributed by atoms with Crippen LogP contribution in [0.5, 0.6) is 0 Å². The van der Waals surface area contributed by atoms with Crippen molar-refractivity contribution < 1.29 is 4.79 Å². The normalized spacial score (nSPS) is 12.5. The number of halogens is 1. The van der Waals surface area contributed by atoms with E-state index in [1.54, 1.807) is 0 Å². The lowest BCUT2D eigenvalue weighted by molar-refractivity contribution is -0.121. The second-order valence-electron chi connectivity index (χ2n) is 4.99. The van der Waals surface area contributed by atoms with E-state index in [9.17, 15) is 4.79 Å². The lowest BCUT2D eigenvalue weighted by Gasteiger charge is -2.14. The van der Waals surface area contributed by atoms with E-state index in [1.807, 2.05) is 12.1 Å². The number of hydrogen-bond donors (Lipinski definition) is 1. The summed E-state index contributed by atoms with van der Waals surface area (Å²) in [5.74, 6) is 0.452. The fourth-order valence-electron chi connectivity index (χ4n) is 1.67.